The number of nitrogens with zero attached hydrogens (tertiary/aromatic N) is 2. The summed E-state index contributed by atoms with van der Waals surface area (Å²) in [5.74, 6) is 0. The molecule has 13 heavy (non-hydrogen) atoms. The maximum absolute atomic E-state index is 12.4. The molecule has 0 amide bonds. The van der Waals surface area contributed by atoms with Crippen LogP contribution in [0.5, 0.6) is 0 Å². The van der Waals surface area contributed by atoms with Gasteiger partial charge in [-0.15, -0.1) is 0 Å². The molecule has 1 rings (SSSR count). The second kappa shape index (κ2) is 3.37. The SMILES string of the molecule is CC(N)C(n1ccnc1)C(F)(F)F. The molecule has 0 aliphatic rings. The van der Waals surface area contributed by atoms with Crippen molar-refractivity contribution in [2.45, 2.75) is 25.2 Å². The van der Waals surface area contributed by atoms with Gasteiger partial charge in [0.1, 0.15) is 6.04 Å². The molecule has 0 aliphatic carbocycles. The number of hydrogen-bond donors (Lipinski definition) is 1. The van der Waals surface area contributed by atoms with Gasteiger partial charge in [0.2, 0.25) is 0 Å². The van der Waals surface area contributed by atoms with Crippen molar-refractivity contribution in [3.8, 4) is 0 Å². The van der Waals surface area contributed by atoms with Crippen molar-refractivity contribution in [2.24, 2.45) is 5.73 Å². The highest BCUT2D eigenvalue weighted by molar-refractivity contribution is 4.88. The van der Waals surface area contributed by atoms with Crippen molar-refractivity contribution in [3.05, 3.63) is 18.7 Å². The van der Waals surface area contributed by atoms with E-state index in [9.17, 15) is 13.2 Å². The molecule has 0 fully saturated rings. The lowest BCUT2D eigenvalue weighted by molar-refractivity contribution is -0.171. The Balaban J connectivity index is 2.94. The number of nitrogens with two attached hydrogens (primary N) is 1. The van der Waals surface area contributed by atoms with Crippen molar-refractivity contribution >= 4 is 0 Å². The van der Waals surface area contributed by atoms with Gasteiger partial charge < -0.3 is 10.3 Å². The van der Waals surface area contributed by atoms with Crippen LogP contribution in [0.4, 0.5) is 13.2 Å². The predicted octanol–water partition coefficient (Wildman–Crippen LogP) is 1.33. The van der Waals surface area contributed by atoms with Crippen molar-refractivity contribution in [1.29, 1.82) is 0 Å². The maximum atomic E-state index is 12.4. The van der Waals surface area contributed by atoms with Crippen molar-refractivity contribution in [3.63, 3.8) is 0 Å². The molecule has 0 bridgehead atoms. The summed E-state index contributed by atoms with van der Waals surface area (Å²) in [6.07, 6.45) is -0.682. The number of hydrogen-bond acceptors (Lipinski definition) is 2. The van der Waals surface area contributed by atoms with Gasteiger partial charge in [0.25, 0.3) is 0 Å². The molecule has 1 aromatic heterocycles. The number of aromatic nitrogens is 2. The molecule has 2 atom stereocenters. The third kappa shape index (κ3) is 2.21. The first kappa shape index (κ1) is 10.0. The Morgan fingerprint density at radius 1 is 1.46 bits per heavy atom. The normalized spacial score (nSPS) is 17.0. The summed E-state index contributed by atoms with van der Waals surface area (Å²) < 4.78 is 38.2. The van der Waals surface area contributed by atoms with Gasteiger partial charge in [0.15, 0.2) is 0 Å². The minimum Gasteiger partial charge on any atom is -0.326 e. The molecule has 0 spiro atoms. The van der Waals surface area contributed by atoms with Gasteiger partial charge in [-0.1, -0.05) is 0 Å². The Kier molecular flexibility index (Phi) is 2.60. The average Bonchev–Trinajstić information content (AvgIpc) is 2.34. The van der Waals surface area contributed by atoms with Crippen LogP contribution in [0.2, 0.25) is 0 Å². The topological polar surface area (TPSA) is 43.8 Å². The van der Waals surface area contributed by atoms with E-state index in [1.807, 2.05) is 0 Å². The van der Waals surface area contributed by atoms with E-state index in [2.05, 4.69) is 4.98 Å². The van der Waals surface area contributed by atoms with E-state index in [4.69, 9.17) is 5.73 Å². The molecular weight excluding hydrogens is 183 g/mol. The molecule has 6 heteroatoms. The zero-order valence-corrected chi connectivity index (χ0v) is 6.99. The smallest absolute Gasteiger partial charge is 0.326 e. The molecule has 2 unspecified atom stereocenters. The van der Waals surface area contributed by atoms with Gasteiger partial charge in [-0.05, 0) is 6.92 Å². The van der Waals surface area contributed by atoms with Crippen LogP contribution in [0.25, 0.3) is 0 Å². The van der Waals surface area contributed by atoms with Crippen molar-refractivity contribution < 1.29 is 13.2 Å². The van der Waals surface area contributed by atoms with E-state index in [0.717, 1.165) is 10.9 Å². The first-order valence-corrected chi connectivity index (χ1v) is 3.72. The fourth-order valence-corrected chi connectivity index (χ4v) is 1.17. The van der Waals surface area contributed by atoms with Crippen LogP contribution in [-0.4, -0.2) is 21.8 Å². The lowest BCUT2D eigenvalue weighted by Crippen LogP contribution is -2.39. The Morgan fingerprint density at radius 3 is 2.38 bits per heavy atom. The Morgan fingerprint density at radius 2 is 2.08 bits per heavy atom. The Labute approximate surface area is 73.4 Å². The molecule has 0 saturated carbocycles. The maximum Gasteiger partial charge on any atom is 0.410 e. The zero-order chi connectivity index (χ0) is 10.1. The summed E-state index contributed by atoms with van der Waals surface area (Å²) in [5, 5.41) is 0. The van der Waals surface area contributed by atoms with Crippen molar-refractivity contribution in [2.75, 3.05) is 0 Å². The molecule has 0 aliphatic heterocycles. The monoisotopic (exact) mass is 193 g/mol. The first-order valence-electron chi connectivity index (χ1n) is 3.72. The van der Waals surface area contributed by atoms with Gasteiger partial charge in [-0.25, -0.2) is 4.98 Å². The number of imidazole rings is 1. The van der Waals surface area contributed by atoms with E-state index in [1.165, 1.54) is 19.3 Å². The Hall–Kier alpha value is -1.04. The van der Waals surface area contributed by atoms with Crippen LogP contribution in [-0.2, 0) is 0 Å². The van der Waals surface area contributed by atoms with Gasteiger partial charge in [-0.3, -0.25) is 0 Å². The predicted molar refractivity (Wildman–Crippen MR) is 41.0 cm³/mol. The molecule has 74 valence electrons. The first-order chi connectivity index (χ1) is 5.93. The molecule has 0 saturated heterocycles. The van der Waals surface area contributed by atoms with Crippen LogP contribution in [0.1, 0.15) is 13.0 Å². The lowest BCUT2D eigenvalue weighted by atomic mass is 10.1. The van der Waals surface area contributed by atoms with Gasteiger partial charge >= 0.3 is 6.18 Å². The largest absolute Gasteiger partial charge is 0.410 e. The molecule has 0 radical (unpaired) electrons. The second-order valence-electron chi connectivity index (χ2n) is 2.86. The highest BCUT2D eigenvalue weighted by Gasteiger charge is 2.43. The summed E-state index contributed by atoms with van der Waals surface area (Å²) in [6.45, 7) is 1.32. The molecule has 2 N–H and O–H groups in total. The van der Waals surface area contributed by atoms with E-state index in [0.29, 0.717) is 0 Å². The van der Waals surface area contributed by atoms with E-state index >= 15 is 0 Å². The molecule has 3 nitrogen and oxygen atoms in total. The molecule has 0 aromatic carbocycles. The fourth-order valence-electron chi connectivity index (χ4n) is 1.17. The van der Waals surface area contributed by atoms with Gasteiger partial charge in [0, 0.05) is 18.4 Å². The number of alkyl halides is 3. The average molecular weight is 193 g/mol. The van der Waals surface area contributed by atoms with E-state index in [-0.39, 0.29) is 0 Å². The highest BCUT2D eigenvalue weighted by atomic mass is 19.4. The third-order valence-electron chi connectivity index (χ3n) is 1.68. The lowest BCUT2D eigenvalue weighted by Gasteiger charge is -2.24. The summed E-state index contributed by atoms with van der Waals surface area (Å²) >= 11 is 0. The highest BCUT2D eigenvalue weighted by Crippen LogP contribution is 2.31. The van der Waals surface area contributed by atoms with Crippen LogP contribution in [0.3, 0.4) is 0 Å². The Bertz CT molecular complexity index is 252. The van der Waals surface area contributed by atoms with Crippen molar-refractivity contribution in [1.82, 2.24) is 9.55 Å². The summed E-state index contributed by atoms with van der Waals surface area (Å²) in [4.78, 5) is 3.55. The van der Waals surface area contributed by atoms with Crippen LogP contribution < -0.4 is 5.73 Å². The number of halogens is 3. The minimum atomic E-state index is -4.34. The second-order valence-corrected chi connectivity index (χ2v) is 2.86. The fraction of sp³-hybridized carbons (Fsp3) is 0.571. The van der Waals surface area contributed by atoms with E-state index in [1.54, 1.807) is 0 Å². The standard InChI is InChI=1S/C7H10F3N3/c1-5(11)6(7(8,9)10)13-3-2-12-4-13/h2-6H,11H2,1H3. The summed E-state index contributed by atoms with van der Waals surface area (Å²) in [6, 6.07) is -2.69. The van der Waals surface area contributed by atoms with E-state index < -0.39 is 18.3 Å². The quantitative estimate of drug-likeness (QED) is 0.770. The minimum absolute atomic E-state index is 0.963. The van der Waals surface area contributed by atoms with Crippen LogP contribution in [0.15, 0.2) is 18.7 Å². The van der Waals surface area contributed by atoms with Crippen LogP contribution >= 0.6 is 0 Å². The zero-order valence-electron chi connectivity index (χ0n) is 6.99. The van der Waals surface area contributed by atoms with Crippen LogP contribution in [0, 0.1) is 0 Å². The molecular formula is C7H10F3N3. The number of rotatable bonds is 2. The summed E-state index contributed by atoms with van der Waals surface area (Å²) in [5.41, 5.74) is 5.25. The third-order valence-corrected chi connectivity index (χ3v) is 1.68. The van der Waals surface area contributed by atoms with Gasteiger partial charge in [-0.2, -0.15) is 13.2 Å². The summed E-state index contributed by atoms with van der Waals surface area (Å²) in [7, 11) is 0. The van der Waals surface area contributed by atoms with Gasteiger partial charge in [0.05, 0.1) is 6.33 Å². The molecule has 1 aromatic rings. The molecule has 1 heterocycles.